The van der Waals surface area contributed by atoms with Crippen LogP contribution in [0.3, 0.4) is 0 Å². The van der Waals surface area contributed by atoms with E-state index in [0.29, 0.717) is 12.3 Å². The van der Waals surface area contributed by atoms with E-state index in [2.05, 4.69) is 28.9 Å². The number of halogens is 1. The summed E-state index contributed by atoms with van der Waals surface area (Å²) in [6.07, 6.45) is 3.17. The predicted octanol–water partition coefficient (Wildman–Crippen LogP) is 2.71. The maximum absolute atomic E-state index is 10.0. The highest BCUT2D eigenvalue weighted by Crippen LogP contribution is 2.51. The third-order valence-electron chi connectivity index (χ3n) is 3.35. The van der Waals surface area contributed by atoms with Crippen molar-refractivity contribution in [3.8, 4) is 5.75 Å². The van der Waals surface area contributed by atoms with Crippen LogP contribution in [-0.4, -0.2) is 11.7 Å². The summed E-state index contributed by atoms with van der Waals surface area (Å²) in [6.45, 7) is 2.74. The second-order valence-corrected chi connectivity index (χ2v) is 5.17. The van der Waals surface area contributed by atoms with Crippen LogP contribution < -0.4 is 5.73 Å². The first-order valence-corrected chi connectivity index (χ1v) is 6.14. The SMILES string of the molecule is CCc1cc(Br)c(O)c(C2(CN)CC2)c1. The van der Waals surface area contributed by atoms with Gasteiger partial charge in [0.2, 0.25) is 0 Å². The number of rotatable bonds is 3. The van der Waals surface area contributed by atoms with Crippen LogP contribution in [0.15, 0.2) is 16.6 Å². The highest BCUT2D eigenvalue weighted by molar-refractivity contribution is 9.10. The first-order valence-electron chi connectivity index (χ1n) is 5.35. The molecule has 15 heavy (non-hydrogen) atoms. The lowest BCUT2D eigenvalue weighted by atomic mass is 9.93. The van der Waals surface area contributed by atoms with Gasteiger partial charge in [-0.15, -0.1) is 0 Å². The minimum Gasteiger partial charge on any atom is -0.506 e. The summed E-state index contributed by atoms with van der Waals surface area (Å²) in [4.78, 5) is 0. The lowest BCUT2D eigenvalue weighted by Crippen LogP contribution is -2.20. The summed E-state index contributed by atoms with van der Waals surface area (Å²) in [5.41, 5.74) is 8.11. The fourth-order valence-electron chi connectivity index (χ4n) is 2.00. The average molecular weight is 270 g/mol. The Hall–Kier alpha value is -0.540. The molecule has 1 aliphatic rings. The molecule has 2 rings (SSSR count). The van der Waals surface area contributed by atoms with Gasteiger partial charge in [-0.3, -0.25) is 0 Å². The molecule has 0 spiro atoms. The van der Waals surface area contributed by atoms with Gasteiger partial charge in [0.25, 0.3) is 0 Å². The zero-order chi connectivity index (χ0) is 11.1. The van der Waals surface area contributed by atoms with Crippen molar-refractivity contribution in [1.29, 1.82) is 0 Å². The highest BCUT2D eigenvalue weighted by Gasteiger charge is 2.45. The van der Waals surface area contributed by atoms with Gasteiger partial charge in [-0.1, -0.05) is 13.0 Å². The van der Waals surface area contributed by atoms with E-state index in [1.807, 2.05) is 6.07 Å². The Morgan fingerprint density at radius 1 is 1.47 bits per heavy atom. The van der Waals surface area contributed by atoms with Crippen molar-refractivity contribution < 1.29 is 5.11 Å². The van der Waals surface area contributed by atoms with Crippen LogP contribution in [0.2, 0.25) is 0 Å². The number of phenols is 1. The molecular formula is C12H16BrNO. The second-order valence-electron chi connectivity index (χ2n) is 4.31. The monoisotopic (exact) mass is 269 g/mol. The van der Waals surface area contributed by atoms with Gasteiger partial charge in [0.05, 0.1) is 4.47 Å². The molecule has 0 radical (unpaired) electrons. The normalized spacial score (nSPS) is 17.8. The minimum absolute atomic E-state index is 0.0534. The van der Waals surface area contributed by atoms with E-state index in [0.717, 1.165) is 29.3 Å². The summed E-state index contributed by atoms with van der Waals surface area (Å²) in [7, 11) is 0. The van der Waals surface area contributed by atoms with Gasteiger partial charge >= 0.3 is 0 Å². The van der Waals surface area contributed by atoms with Crippen LogP contribution in [0.25, 0.3) is 0 Å². The van der Waals surface area contributed by atoms with Crippen molar-refractivity contribution in [1.82, 2.24) is 0 Å². The summed E-state index contributed by atoms with van der Waals surface area (Å²) in [6, 6.07) is 4.07. The molecule has 0 aliphatic heterocycles. The zero-order valence-electron chi connectivity index (χ0n) is 8.89. The molecule has 0 heterocycles. The van der Waals surface area contributed by atoms with Crippen LogP contribution in [0.5, 0.6) is 5.75 Å². The van der Waals surface area contributed by atoms with Gasteiger partial charge in [-0.2, -0.15) is 0 Å². The second kappa shape index (κ2) is 3.80. The number of nitrogens with two attached hydrogens (primary N) is 1. The first-order chi connectivity index (χ1) is 7.13. The Bertz CT molecular complexity index is 385. The molecule has 0 atom stereocenters. The van der Waals surface area contributed by atoms with Crippen molar-refractivity contribution in [2.75, 3.05) is 6.54 Å². The molecule has 0 aromatic heterocycles. The molecule has 2 nitrogen and oxygen atoms in total. The number of hydrogen-bond donors (Lipinski definition) is 2. The third kappa shape index (κ3) is 1.79. The molecule has 0 bridgehead atoms. The molecule has 0 amide bonds. The number of benzene rings is 1. The van der Waals surface area contributed by atoms with Gasteiger partial charge in [-0.05, 0) is 46.8 Å². The standard InChI is InChI=1S/C12H16BrNO/c1-2-8-5-9(11(15)10(13)6-8)12(7-14)3-4-12/h5-6,15H,2-4,7,14H2,1H3. The van der Waals surface area contributed by atoms with E-state index in [9.17, 15) is 5.11 Å². The zero-order valence-corrected chi connectivity index (χ0v) is 10.5. The van der Waals surface area contributed by atoms with Crippen LogP contribution in [0.1, 0.15) is 30.9 Å². The number of aryl methyl sites for hydroxylation is 1. The van der Waals surface area contributed by atoms with Gasteiger partial charge in [0.1, 0.15) is 5.75 Å². The van der Waals surface area contributed by atoms with Crippen molar-refractivity contribution >= 4 is 15.9 Å². The van der Waals surface area contributed by atoms with E-state index in [1.165, 1.54) is 5.56 Å². The molecule has 1 aromatic rings. The first kappa shape index (κ1) is 11.0. The Balaban J connectivity index is 2.50. The van der Waals surface area contributed by atoms with Crippen LogP contribution in [0, 0.1) is 0 Å². The lowest BCUT2D eigenvalue weighted by molar-refractivity contribution is 0.455. The van der Waals surface area contributed by atoms with Crippen LogP contribution >= 0.6 is 15.9 Å². The molecule has 1 saturated carbocycles. The largest absolute Gasteiger partial charge is 0.506 e. The summed E-state index contributed by atoms with van der Waals surface area (Å²) in [5.74, 6) is 0.371. The number of phenolic OH excluding ortho intramolecular Hbond substituents is 1. The molecule has 1 aromatic carbocycles. The Kier molecular flexibility index (Phi) is 2.77. The van der Waals surface area contributed by atoms with E-state index in [4.69, 9.17) is 5.73 Å². The van der Waals surface area contributed by atoms with E-state index in [-0.39, 0.29) is 5.41 Å². The predicted molar refractivity (Wildman–Crippen MR) is 65.2 cm³/mol. The van der Waals surface area contributed by atoms with Gasteiger partial charge < -0.3 is 10.8 Å². The van der Waals surface area contributed by atoms with Crippen molar-refractivity contribution in [2.45, 2.75) is 31.6 Å². The summed E-state index contributed by atoms with van der Waals surface area (Å²) >= 11 is 3.40. The Morgan fingerprint density at radius 2 is 2.13 bits per heavy atom. The molecule has 82 valence electrons. The molecule has 3 heteroatoms. The Labute approximate surface area is 98.6 Å². The van der Waals surface area contributed by atoms with Gasteiger partial charge in [-0.25, -0.2) is 0 Å². The summed E-state index contributed by atoms with van der Waals surface area (Å²) in [5, 5.41) is 10.0. The fraction of sp³-hybridized carbons (Fsp3) is 0.500. The van der Waals surface area contributed by atoms with Crippen LogP contribution in [-0.2, 0) is 11.8 Å². The maximum atomic E-state index is 10.0. The number of aromatic hydroxyl groups is 1. The Morgan fingerprint density at radius 3 is 2.60 bits per heavy atom. The van der Waals surface area contributed by atoms with Gasteiger partial charge in [0, 0.05) is 17.5 Å². The smallest absolute Gasteiger partial charge is 0.133 e. The van der Waals surface area contributed by atoms with E-state index < -0.39 is 0 Å². The highest BCUT2D eigenvalue weighted by atomic mass is 79.9. The van der Waals surface area contributed by atoms with Crippen molar-refractivity contribution in [3.63, 3.8) is 0 Å². The van der Waals surface area contributed by atoms with E-state index >= 15 is 0 Å². The lowest BCUT2D eigenvalue weighted by Gasteiger charge is -2.17. The fourth-order valence-corrected chi connectivity index (χ4v) is 2.51. The molecule has 1 aliphatic carbocycles. The minimum atomic E-state index is 0.0534. The summed E-state index contributed by atoms with van der Waals surface area (Å²) < 4.78 is 0.788. The van der Waals surface area contributed by atoms with Crippen LogP contribution in [0.4, 0.5) is 0 Å². The third-order valence-corrected chi connectivity index (χ3v) is 3.95. The van der Waals surface area contributed by atoms with Gasteiger partial charge in [0.15, 0.2) is 0 Å². The molecule has 1 fully saturated rings. The average Bonchev–Trinajstić information content (AvgIpc) is 3.02. The molecule has 3 N–H and O–H groups in total. The van der Waals surface area contributed by atoms with Crippen molar-refractivity contribution in [2.24, 2.45) is 5.73 Å². The molecular weight excluding hydrogens is 254 g/mol. The quantitative estimate of drug-likeness (QED) is 0.887. The van der Waals surface area contributed by atoms with E-state index in [1.54, 1.807) is 0 Å². The number of hydrogen-bond acceptors (Lipinski definition) is 2. The molecule has 0 saturated heterocycles. The maximum Gasteiger partial charge on any atom is 0.133 e. The van der Waals surface area contributed by atoms with Crippen molar-refractivity contribution in [3.05, 3.63) is 27.7 Å². The topological polar surface area (TPSA) is 46.2 Å². The molecule has 0 unspecified atom stereocenters.